The maximum absolute atomic E-state index is 13.5. The fourth-order valence-corrected chi connectivity index (χ4v) is 7.37. The lowest BCUT2D eigenvalue weighted by molar-refractivity contribution is -0.181. The maximum Gasteiger partial charge on any atom is 0.228 e. The van der Waals surface area contributed by atoms with E-state index in [1.165, 1.54) is 19.3 Å². The molecule has 0 radical (unpaired) electrons. The van der Waals surface area contributed by atoms with Crippen LogP contribution in [0.1, 0.15) is 65.7 Å². The molecule has 22 heavy (non-hydrogen) atoms. The van der Waals surface area contributed by atoms with E-state index in [0.717, 1.165) is 44.7 Å². The molecule has 4 bridgehead atoms. The van der Waals surface area contributed by atoms with Crippen LogP contribution >= 0.6 is 0 Å². The number of carbonyl (C=O) groups excluding carboxylic acids is 1. The molecule has 124 valence electrons. The Morgan fingerprint density at radius 3 is 2.27 bits per heavy atom. The van der Waals surface area contributed by atoms with E-state index in [9.17, 15) is 4.79 Å². The Morgan fingerprint density at radius 1 is 1.09 bits per heavy atom. The van der Waals surface area contributed by atoms with Crippen LogP contribution in [0, 0.1) is 28.1 Å². The van der Waals surface area contributed by atoms with Crippen LogP contribution in [-0.4, -0.2) is 29.9 Å². The highest BCUT2D eigenvalue weighted by Gasteiger charge is 2.63. The van der Waals surface area contributed by atoms with Gasteiger partial charge in [0.2, 0.25) is 5.91 Å². The molecule has 5 fully saturated rings. The Bertz CT molecular complexity index is 484. The van der Waals surface area contributed by atoms with Crippen molar-refractivity contribution >= 4 is 5.91 Å². The van der Waals surface area contributed by atoms with E-state index in [4.69, 9.17) is 5.73 Å². The van der Waals surface area contributed by atoms with Gasteiger partial charge in [0.1, 0.15) is 0 Å². The number of piperidine rings is 1. The van der Waals surface area contributed by atoms with Gasteiger partial charge in [-0.1, -0.05) is 20.8 Å². The molecule has 4 unspecified atom stereocenters. The number of amides is 1. The summed E-state index contributed by atoms with van der Waals surface area (Å²) in [6.45, 7) is 8.86. The Labute approximate surface area is 135 Å². The standard InChI is InChI=1S/C19H32N2O/c1-13-9-21(5-4-15(13)20)16(22)19-8-14-6-17(2,11-19)10-18(3,7-14)12-19/h13-15H,4-12,20H2,1-3H3. The Hall–Kier alpha value is -0.570. The van der Waals surface area contributed by atoms with Crippen molar-refractivity contribution in [3.05, 3.63) is 0 Å². The second kappa shape index (κ2) is 4.49. The van der Waals surface area contributed by atoms with Crippen LogP contribution in [0.2, 0.25) is 0 Å². The summed E-state index contributed by atoms with van der Waals surface area (Å²) in [7, 11) is 0. The largest absolute Gasteiger partial charge is 0.342 e. The van der Waals surface area contributed by atoms with Crippen molar-refractivity contribution in [1.29, 1.82) is 0 Å². The van der Waals surface area contributed by atoms with Crippen molar-refractivity contribution in [3.8, 4) is 0 Å². The van der Waals surface area contributed by atoms with E-state index in [1.54, 1.807) is 0 Å². The molecule has 1 saturated heterocycles. The molecule has 0 aromatic rings. The van der Waals surface area contributed by atoms with Gasteiger partial charge in [0.25, 0.3) is 0 Å². The second-order valence-electron chi connectivity index (χ2n) is 10.1. The zero-order chi connectivity index (χ0) is 15.8. The van der Waals surface area contributed by atoms with E-state index in [-0.39, 0.29) is 11.5 Å². The summed E-state index contributed by atoms with van der Waals surface area (Å²) in [5.41, 5.74) is 6.95. The first-order valence-corrected chi connectivity index (χ1v) is 9.28. The molecule has 4 atom stereocenters. The number of rotatable bonds is 1. The molecular weight excluding hydrogens is 272 g/mol. The van der Waals surface area contributed by atoms with E-state index in [1.807, 2.05) is 0 Å². The highest BCUT2D eigenvalue weighted by molar-refractivity contribution is 5.83. The monoisotopic (exact) mass is 304 g/mol. The van der Waals surface area contributed by atoms with Gasteiger partial charge < -0.3 is 10.6 Å². The molecule has 0 aromatic carbocycles. The molecule has 4 saturated carbocycles. The third kappa shape index (κ3) is 2.15. The number of nitrogens with zero attached hydrogens (tertiary/aromatic N) is 1. The van der Waals surface area contributed by atoms with E-state index >= 15 is 0 Å². The molecule has 5 aliphatic rings. The summed E-state index contributed by atoms with van der Waals surface area (Å²) in [5, 5.41) is 0. The van der Waals surface area contributed by atoms with Crippen LogP contribution < -0.4 is 5.73 Å². The van der Waals surface area contributed by atoms with Gasteiger partial charge in [-0.3, -0.25) is 4.79 Å². The van der Waals surface area contributed by atoms with Crippen molar-refractivity contribution in [2.75, 3.05) is 13.1 Å². The van der Waals surface area contributed by atoms with Gasteiger partial charge in [-0.25, -0.2) is 0 Å². The third-order valence-electron chi connectivity index (χ3n) is 7.34. The molecule has 3 heteroatoms. The fourth-order valence-electron chi connectivity index (χ4n) is 7.37. The van der Waals surface area contributed by atoms with Gasteiger partial charge in [-0.2, -0.15) is 0 Å². The number of hydrogen-bond donors (Lipinski definition) is 1. The molecule has 5 rings (SSSR count). The summed E-state index contributed by atoms with van der Waals surface area (Å²) >= 11 is 0. The Morgan fingerprint density at radius 2 is 1.73 bits per heavy atom. The Kier molecular flexibility index (Phi) is 3.06. The first kappa shape index (κ1) is 15.0. The third-order valence-corrected chi connectivity index (χ3v) is 7.34. The normalized spacial score (nSPS) is 53.8. The zero-order valence-corrected chi connectivity index (χ0v) is 14.5. The molecule has 3 nitrogen and oxygen atoms in total. The molecule has 0 spiro atoms. The average molecular weight is 304 g/mol. The zero-order valence-electron chi connectivity index (χ0n) is 14.5. The fraction of sp³-hybridized carbons (Fsp3) is 0.947. The smallest absolute Gasteiger partial charge is 0.228 e. The molecule has 1 amide bonds. The minimum atomic E-state index is -0.0376. The van der Waals surface area contributed by atoms with E-state index < -0.39 is 0 Å². The molecule has 0 aromatic heterocycles. The van der Waals surface area contributed by atoms with Crippen molar-refractivity contribution in [2.45, 2.75) is 71.8 Å². The average Bonchev–Trinajstić information content (AvgIpc) is 2.37. The van der Waals surface area contributed by atoms with Gasteiger partial charge in [0.15, 0.2) is 0 Å². The second-order valence-corrected chi connectivity index (χ2v) is 10.1. The van der Waals surface area contributed by atoms with Crippen LogP contribution in [0.4, 0.5) is 0 Å². The quantitative estimate of drug-likeness (QED) is 0.809. The molecular formula is C19H32N2O. The predicted octanol–water partition coefficient (Wildman–Crippen LogP) is 3.18. The molecule has 2 N–H and O–H groups in total. The lowest BCUT2D eigenvalue weighted by atomic mass is 9.40. The molecule has 4 aliphatic carbocycles. The minimum absolute atomic E-state index is 0.0376. The summed E-state index contributed by atoms with van der Waals surface area (Å²) < 4.78 is 0. The highest BCUT2D eigenvalue weighted by atomic mass is 16.2. The van der Waals surface area contributed by atoms with E-state index in [0.29, 0.717) is 22.7 Å². The number of nitrogens with two attached hydrogens (primary N) is 1. The van der Waals surface area contributed by atoms with Gasteiger partial charge in [-0.05, 0) is 67.6 Å². The first-order chi connectivity index (χ1) is 10.2. The van der Waals surface area contributed by atoms with Gasteiger partial charge >= 0.3 is 0 Å². The van der Waals surface area contributed by atoms with Crippen LogP contribution in [0.15, 0.2) is 0 Å². The van der Waals surface area contributed by atoms with Crippen molar-refractivity contribution in [3.63, 3.8) is 0 Å². The summed E-state index contributed by atoms with van der Waals surface area (Å²) in [5.74, 6) is 1.71. The number of carbonyl (C=O) groups is 1. The Balaban J connectivity index is 1.60. The first-order valence-electron chi connectivity index (χ1n) is 9.28. The van der Waals surface area contributed by atoms with Gasteiger partial charge in [0.05, 0.1) is 5.41 Å². The lowest BCUT2D eigenvalue weighted by Crippen LogP contribution is -2.62. The lowest BCUT2D eigenvalue weighted by Gasteiger charge is -2.65. The predicted molar refractivity (Wildman–Crippen MR) is 88.2 cm³/mol. The van der Waals surface area contributed by atoms with Gasteiger partial charge in [0, 0.05) is 19.1 Å². The summed E-state index contributed by atoms with van der Waals surface area (Å²) in [6, 6.07) is 0.274. The highest BCUT2D eigenvalue weighted by Crippen LogP contribution is 2.69. The molecule has 1 heterocycles. The number of hydrogen-bond acceptors (Lipinski definition) is 2. The van der Waals surface area contributed by atoms with Crippen molar-refractivity contribution in [1.82, 2.24) is 4.90 Å². The SMILES string of the molecule is CC1CN(C(=O)C23CC4CC(C)(CC(C)(C4)C2)C3)CCC1N. The van der Waals surface area contributed by atoms with Crippen molar-refractivity contribution in [2.24, 2.45) is 33.8 Å². The topological polar surface area (TPSA) is 46.3 Å². The van der Waals surface area contributed by atoms with Gasteiger partial charge in [-0.15, -0.1) is 0 Å². The number of likely N-dealkylation sites (tertiary alicyclic amines) is 1. The minimum Gasteiger partial charge on any atom is -0.342 e. The summed E-state index contributed by atoms with van der Waals surface area (Å²) in [4.78, 5) is 15.6. The van der Waals surface area contributed by atoms with Crippen LogP contribution in [-0.2, 0) is 4.79 Å². The summed E-state index contributed by atoms with van der Waals surface area (Å²) in [6.07, 6.45) is 8.48. The van der Waals surface area contributed by atoms with Crippen LogP contribution in [0.25, 0.3) is 0 Å². The van der Waals surface area contributed by atoms with Crippen molar-refractivity contribution < 1.29 is 4.79 Å². The van der Waals surface area contributed by atoms with Crippen LogP contribution in [0.3, 0.4) is 0 Å². The maximum atomic E-state index is 13.5. The molecule has 1 aliphatic heterocycles. The van der Waals surface area contributed by atoms with E-state index in [2.05, 4.69) is 25.7 Å². The van der Waals surface area contributed by atoms with Crippen LogP contribution in [0.5, 0.6) is 0 Å².